The molecule has 2 rings (SSSR count). The highest BCUT2D eigenvalue weighted by Gasteiger charge is 2.21. The average molecular weight is 326 g/mol. The number of aromatic nitrogens is 1. The number of nitrogens with one attached hydrogen (secondary N) is 1. The van der Waals surface area contributed by atoms with Crippen molar-refractivity contribution < 1.29 is 0 Å². The Morgan fingerprint density at radius 2 is 2.32 bits per heavy atom. The first-order valence-corrected chi connectivity index (χ1v) is 7.96. The number of piperidine rings is 1. The molecule has 4 heteroatoms. The molecule has 0 saturated carbocycles. The minimum atomic E-state index is 0.481. The quantitative estimate of drug-likeness (QED) is 0.919. The topological polar surface area (TPSA) is 28.2 Å². The van der Waals surface area contributed by atoms with Crippen LogP contribution in [0.5, 0.6) is 0 Å². The monoisotopic (exact) mass is 325 g/mol. The number of hydrogen-bond acceptors (Lipinski definition) is 3. The fraction of sp³-hybridized carbons (Fsp3) is 0.667. The number of pyridine rings is 1. The van der Waals surface area contributed by atoms with E-state index in [4.69, 9.17) is 0 Å². The van der Waals surface area contributed by atoms with Gasteiger partial charge in [-0.1, -0.05) is 0 Å². The molecule has 1 aliphatic heterocycles. The Hall–Kier alpha value is -0.610. The Balaban J connectivity index is 2.14. The standard InChI is InChI=1S/C15H24BrN3/c1-11(2)19(10-13-5-4-6-17-8-13)15-12(3)7-14(16)9-18-15/h7,9,11,13,17H,4-6,8,10H2,1-3H3. The van der Waals surface area contributed by atoms with Crippen LogP contribution in [0.25, 0.3) is 0 Å². The van der Waals surface area contributed by atoms with Gasteiger partial charge in [-0.05, 0) is 80.2 Å². The van der Waals surface area contributed by atoms with Crippen LogP contribution in [-0.4, -0.2) is 30.7 Å². The summed E-state index contributed by atoms with van der Waals surface area (Å²) in [5, 5.41) is 3.50. The van der Waals surface area contributed by atoms with Crippen LogP contribution in [0.4, 0.5) is 5.82 Å². The summed E-state index contributed by atoms with van der Waals surface area (Å²) >= 11 is 3.49. The lowest BCUT2D eigenvalue weighted by molar-refractivity contribution is 0.370. The molecule has 19 heavy (non-hydrogen) atoms. The van der Waals surface area contributed by atoms with E-state index >= 15 is 0 Å². The molecule has 1 fully saturated rings. The van der Waals surface area contributed by atoms with Crippen molar-refractivity contribution in [1.82, 2.24) is 10.3 Å². The predicted molar refractivity (Wildman–Crippen MR) is 84.7 cm³/mol. The molecule has 3 nitrogen and oxygen atoms in total. The molecule has 1 aromatic rings. The van der Waals surface area contributed by atoms with Crippen LogP contribution in [0.15, 0.2) is 16.7 Å². The lowest BCUT2D eigenvalue weighted by Gasteiger charge is -2.34. The molecule has 1 saturated heterocycles. The maximum atomic E-state index is 4.62. The molecular formula is C15H24BrN3. The minimum absolute atomic E-state index is 0.481. The van der Waals surface area contributed by atoms with Crippen LogP contribution in [0.2, 0.25) is 0 Å². The fourth-order valence-corrected chi connectivity index (χ4v) is 3.18. The molecule has 1 atom stereocenters. The van der Waals surface area contributed by atoms with Crippen LogP contribution in [0.3, 0.4) is 0 Å². The van der Waals surface area contributed by atoms with Crippen molar-refractivity contribution in [3.05, 3.63) is 22.3 Å². The molecule has 1 unspecified atom stereocenters. The number of halogens is 1. The molecule has 1 aromatic heterocycles. The van der Waals surface area contributed by atoms with E-state index in [0.717, 1.165) is 29.3 Å². The zero-order valence-corrected chi connectivity index (χ0v) is 13.7. The third-order valence-electron chi connectivity index (χ3n) is 3.77. The number of nitrogens with zero attached hydrogens (tertiary/aromatic N) is 2. The summed E-state index contributed by atoms with van der Waals surface area (Å²) in [4.78, 5) is 7.07. The molecule has 1 aliphatic rings. The van der Waals surface area contributed by atoms with Crippen LogP contribution >= 0.6 is 15.9 Å². The molecule has 0 spiro atoms. The van der Waals surface area contributed by atoms with E-state index in [-0.39, 0.29) is 0 Å². The highest BCUT2D eigenvalue weighted by molar-refractivity contribution is 9.10. The maximum Gasteiger partial charge on any atom is 0.131 e. The minimum Gasteiger partial charge on any atom is -0.354 e. The van der Waals surface area contributed by atoms with Crippen molar-refractivity contribution in [3.63, 3.8) is 0 Å². The molecule has 1 N–H and O–H groups in total. The second kappa shape index (κ2) is 6.71. The lowest BCUT2D eigenvalue weighted by Crippen LogP contribution is -2.42. The number of hydrogen-bond donors (Lipinski definition) is 1. The smallest absolute Gasteiger partial charge is 0.131 e. The molecule has 2 heterocycles. The third-order valence-corrected chi connectivity index (χ3v) is 4.20. The van der Waals surface area contributed by atoms with Gasteiger partial charge in [0.05, 0.1) is 0 Å². The Morgan fingerprint density at radius 1 is 1.53 bits per heavy atom. The zero-order chi connectivity index (χ0) is 13.8. The first-order chi connectivity index (χ1) is 9.08. The van der Waals surface area contributed by atoms with Crippen LogP contribution < -0.4 is 10.2 Å². The SMILES string of the molecule is Cc1cc(Br)cnc1N(CC1CCCNC1)C(C)C. The molecule has 106 valence electrons. The van der Waals surface area contributed by atoms with Crippen LogP contribution in [0.1, 0.15) is 32.3 Å². The third kappa shape index (κ3) is 3.93. The summed E-state index contributed by atoms with van der Waals surface area (Å²) in [6.07, 6.45) is 4.52. The van der Waals surface area contributed by atoms with E-state index in [9.17, 15) is 0 Å². The highest BCUT2D eigenvalue weighted by atomic mass is 79.9. The van der Waals surface area contributed by atoms with E-state index in [2.05, 4.69) is 58.0 Å². The van der Waals surface area contributed by atoms with Gasteiger partial charge in [0.25, 0.3) is 0 Å². The summed E-state index contributed by atoms with van der Waals surface area (Å²) in [7, 11) is 0. The van der Waals surface area contributed by atoms with Crippen molar-refractivity contribution in [1.29, 1.82) is 0 Å². The van der Waals surface area contributed by atoms with Gasteiger partial charge in [0.15, 0.2) is 0 Å². The van der Waals surface area contributed by atoms with E-state index in [1.165, 1.54) is 24.9 Å². The van der Waals surface area contributed by atoms with E-state index in [1.54, 1.807) is 0 Å². The van der Waals surface area contributed by atoms with Crippen LogP contribution in [0, 0.1) is 12.8 Å². The summed E-state index contributed by atoms with van der Waals surface area (Å²) in [6, 6.07) is 2.63. The van der Waals surface area contributed by atoms with Gasteiger partial charge in [0, 0.05) is 23.3 Å². The van der Waals surface area contributed by atoms with Gasteiger partial charge < -0.3 is 10.2 Å². The highest BCUT2D eigenvalue weighted by Crippen LogP contribution is 2.24. The van der Waals surface area contributed by atoms with Crippen molar-refractivity contribution >= 4 is 21.7 Å². The number of aryl methyl sites for hydroxylation is 1. The zero-order valence-electron chi connectivity index (χ0n) is 12.1. The second-order valence-electron chi connectivity index (χ2n) is 5.75. The second-order valence-corrected chi connectivity index (χ2v) is 6.67. The van der Waals surface area contributed by atoms with Crippen LogP contribution in [-0.2, 0) is 0 Å². The Kier molecular flexibility index (Phi) is 5.22. The van der Waals surface area contributed by atoms with Gasteiger partial charge >= 0.3 is 0 Å². The van der Waals surface area contributed by atoms with E-state index in [1.807, 2.05) is 6.20 Å². The molecule has 0 bridgehead atoms. The first kappa shape index (κ1) is 14.8. The Bertz CT molecular complexity index is 414. The van der Waals surface area contributed by atoms with Gasteiger partial charge in [-0.25, -0.2) is 4.98 Å². The van der Waals surface area contributed by atoms with Gasteiger partial charge in [0.2, 0.25) is 0 Å². The van der Waals surface area contributed by atoms with Crippen molar-refractivity contribution in [3.8, 4) is 0 Å². The maximum absolute atomic E-state index is 4.62. The van der Waals surface area contributed by atoms with Crippen molar-refractivity contribution in [2.45, 2.75) is 39.7 Å². The van der Waals surface area contributed by atoms with E-state index < -0.39 is 0 Å². The fourth-order valence-electron chi connectivity index (χ4n) is 2.73. The predicted octanol–water partition coefficient (Wildman–Crippen LogP) is 3.37. The molecule has 0 aromatic carbocycles. The molecular weight excluding hydrogens is 302 g/mol. The molecule has 0 aliphatic carbocycles. The Morgan fingerprint density at radius 3 is 2.89 bits per heavy atom. The van der Waals surface area contributed by atoms with Gasteiger partial charge in [-0.3, -0.25) is 0 Å². The van der Waals surface area contributed by atoms with Gasteiger partial charge in [-0.2, -0.15) is 0 Å². The largest absolute Gasteiger partial charge is 0.354 e. The van der Waals surface area contributed by atoms with Gasteiger partial charge in [0.1, 0.15) is 5.82 Å². The average Bonchev–Trinajstić information content (AvgIpc) is 2.38. The van der Waals surface area contributed by atoms with Gasteiger partial charge in [-0.15, -0.1) is 0 Å². The number of anilines is 1. The van der Waals surface area contributed by atoms with E-state index in [0.29, 0.717) is 6.04 Å². The molecule has 0 radical (unpaired) electrons. The summed E-state index contributed by atoms with van der Waals surface area (Å²) in [6.45, 7) is 10.0. The first-order valence-electron chi connectivity index (χ1n) is 7.17. The lowest BCUT2D eigenvalue weighted by atomic mass is 9.98. The van der Waals surface area contributed by atoms with Crippen molar-refractivity contribution in [2.24, 2.45) is 5.92 Å². The summed E-state index contributed by atoms with van der Waals surface area (Å²) < 4.78 is 1.05. The Labute approximate surface area is 124 Å². The molecule has 0 amide bonds. The number of rotatable bonds is 4. The summed E-state index contributed by atoms with van der Waals surface area (Å²) in [5.41, 5.74) is 1.24. The normalized spacial score (nSPS) is 19.7. The summed E-state index contributed by atoms with van der Waals surface area (Å²) in [5.74, 6) is 1.87. The van der Waals surface area contributed by atoms with Crippen molar-refractivity contribution in [2.75, 3.05) is 24.5 Å².